The van der Waals surface area contributed by atoms with Gasteiger partial charge in [0.1, 0.15) is 5.82 Å². The molecule has 0 spiro atoms. The van der Waals surface area contributed by atoms with Crippen LogP contribution in [0.5, 0.6) is 17.2 Å². The first-order valence-corrected chi connectivity index (χ1v) is 9.49. The summed E-state index contributed by atoms with van der Waals surface area (Å²) in [5.41, 5.74) is 1.41. The fourth-order valence-electron chi connectivity index (χ4n) is 2.78. The quantitative estimate of drug-likeness (QED) is 0.444. The number of aromatic nitrogens is 4. The number of hydrogen-bond donors (Lipinski definition) is 3. The Morgan fingerprint density at radius 3 is 2.29 bits per heavy atom. The van der Waals surface area contributed by atoms with Crippen molar-refractivity contribution in [2.45, 2.75) is 6.92 Å². The van der Waals surface area contributed by atoms with Crippen LogP contribution < -0.4 is 30.2 Å². The minimum Gasteiger partial charge on any atom is -0.493 e. The van der Waals surface area contributed by atoms with Gasteiger partial charge in [-0.25, -0.2) is 9.48 Å². The van der Waals surface area contributed by atoms with Crippen molar-refractivity contribution in [2.75, 3.05) is 45.1 Å². The van der Waals surface area contributed by atoms with Gasteiger partial charge in [0.15, 0.2) is 17.3 Å². The van der Waals surface area contributed by atoms with Crippen LogP contribution in [0, 0.1) is 6.92 Å². The van der Waals surface area contributed by atoms with E-state index in [9.17, 15) is 4.79 Å². The molecule has 3 aromatic rings. The highest BCUT2D eigenvalue weighted by molar-refractivity contribution is 5.90. The van der Waals surface area contributed by atoms with Gasteiger partial charge in [-0.3, -0.25) is 0 Å². The molecule has 0 saturated heterocycles. The maximum absolute atomic E-state index is 12.2. The fourth-order valence-corrected chi connectivity index (χ4v) is 2.78. The van der Waals surface area contributed by atoms with Crippen molar-refractivity contribution in [1.82, 2.24) is 25.3 Å². The number of nitrogens with one attached hydrogen (secondary N) is 3. The van der Waals surface area contributed by atoms with Gasteiger partial charge in [0, 0.05) is 31.4 Å². The van der Waals surface area contributed by atoms with Crippen molar-refractivity contribution in [2.24, 2.45) is 0 Å². The van der Waals surface area contributed by atoms with E-state index in [4.69, 9.17) is 14.2 Å². The Bertz CT molecular complexity index is 996. The van der Waals surface area contributed by atoms with Crippen LogP contribution in [0.2, 0.25) is 0 Å². The lowest BCUT2D eigenvalue weighted by Crippen LogP contribution is -2.32. The van der Waals surface area contributed by atoms with E-state index >= 15 is 0 Å². The van der Waals surface area contributed by atoms with Gasteiger partial charge in [-0.1, -0.05) is 0 Å². The molecule has 0 aliphatic carbocycles. The largest absolute Gasteiger partial charge is 0.493 e. The minimum atomic E-state index is -0.369. The number of methoxy groups -OCH3 is 3. The lowest BCUT2D eigenvalue weighted by atomic mass is 10.2. The standard InChI is InChI=1S/C20H25N7O4/c1-13-7-10-27(26-13)18-6-5-17(24-25-18)21-8-9-22-20(28)23-14-11-15(29-2)19(31-4)16(12-14)30-3/h5-7,10-12H,8-9H2,1-4H3,(H,21,24)(H2,22,23,28). The van der Waals surface area contributed by atoms with Gasteiger partial charge in [0.05, 0.1) is 32.7 Å². The van der Waals surface area contributed by atoms with Crippen molar-refractivity contribution in [3.8, 4) is 23.1 Å². The maximum Gasteiger partial charge on any atom is 0.319 e. The molecule has 0 unspecified atom stereocenters. The van der Waals surface area contributed by atoms with E-state index in [0.29, 0.717) is 47.7 Å². The molecule has 0 aliphatic heterocycles. The maximum atomic E-state index is 12.2. The average Bonchev–Trinajstić information content (AvgIpc) is 3.22. The van der Waals surface area contributed by atoms with Crippen molar-refractivity contribution < 1.29 is 19.0 Å². The zero-order valence-corrected chi connectivity index (χ0v) is 17.8. The van der Waals surface area contributed by atoms with Crippen LogP contribution in [0.25, 0.3) is 5.82 Å². The predicted octanol–water partition coefficient (Wildman–Crippen LogP) is 2.23. The van der Waals surface area contributed by atoms with Gasteiger partial charge in [-0.05, 0) is 25.1 Å². The Morgan fingerprint density at radius 1 is 1.00 bits per heavy atom. The topological polar surface area (TPSA) is 124 Å². The van der Waals surface area contributed by atoms with Crippen LogP contribution in [-0.2, 0) is 0 Å². The van der Waals surface area contributed by atoms with Gasteiger partial charge in [-0.2, -0.15) is 5.10 Å². The number of amides is 2. The number of aryl methyl sites for hydroxylation is 1. The zero-order valence-electron chi connectivity index (χ0n) is 17.8. The molecule has 164 valence electrons. The fraction of sp³-hybridized carbons (Fsp3) is 0.300. The molecule has 0 radical (unpaired) electrons. The van der Waals surface area contributed by atoms with Crippen molar-refractivity contribution >= 4 is 17.5 Å². The summed E-state index contributed by atoms with van der Waals surface area (Å²) in [6, 6.07) is 8.44. The second-order valence-electron chi connectivity index (χ2n) is 6.40. The van der Waals surface area contributed by atoms with E-state index in [1.54, 1.807) is 22.9 Å². The summed E-state index contributed by atoms with van der Waals surface area (Å²) >= 11 is 0. The highest BCUT2D eigenvalue weighted by atomic mass is 16.5. The van der Waals surface area contributed by atoms with Gasteiger partial charge in [-0.15, -0.1) is 10.2 Å². The summed E-state index contributed by atoms with van der Waals surface area (Å²) in [5.74, 6) is 2.58. The molecule has 31 heavy (non-hydrogen) atoms. The van der Waals surface area contributed by atoms with Crippen LogP contribution in [0.1, 0.15) is 5.69 Å². The van der Waals surface area contributed by atoms with E-state index in [1.165, 1.54) is 21.3 Å². The number of urea groups is 1. The monoisotopic (exact) mass is 427 g/mol. The molecule has 2 heterocycles. The van der Waals surface area contributed by atoms with Gasteiger partial charge in [0.2, 0.25) is 5.75 Å². The molecule has 0 fully saturated rings. The first-order valence-electron chi connectivity index (χ1n) is 9.49. The van der Waals surface area contributed by atoms with Crippen molar-refractivity contribution in [3.63, 3.8) is 0 Å². The van der Waals surface area contributed by atoms with Gasteiger partial charge >= 0.3 is 6.03 Å². The van der Waals surface area contributed by atoms with Crippen LogP contribution in [-0.4, -0.2) is 60.4 Å². The molecule has 1 aromatic carbocycles. The first kappa shape index (κ1) is 21.7. The van der Waals surface area contributed by atoms with E-state index in [1.807, 2.05) is 25.3 Å². The van der Waals surface area contributed by atoms with E-state index in [2.05, 4.69) is 31.2 Å². The Labute approximate surface area is 179 Å². The molecular formula is C20H25N7O4. The second kappa shape index (κ2) is 10.1. The smallest absolute Gasteiger partial charge is 0.319 e. The summed E-state index contributed by atoms with van der Waals surface area (Å²) in [6.07, 6.45) is 1.82. The number of benzene rings is 1. The highest BCUT2D eigenvalue weighted by Crippen LogP contribution is 2.39. The van der Waals surface area contributed by atoms with Crippen LogP contribution in [0.3, 0.4) is 0 Å². The van der Waals surface area contributed by atoms with Crippen LogP contribution in [0.15, 0.2) is 36.5 Å². The number of ether oxygens (including phenoxy) is 3. The number of hydrogen-bond acceptors (Lipinski definition) is 8. The molecular weight excluding hydrogens is 402 g/mol. The predicted molar refractivity (Wildman–Crippen MR) is 116 cm³/mol. The van der Waals surface area contributed by atoms with E-state index < -0.39 is 0 Å². The Morgan fingerprint density at radius 2 is 1.74 bits per heavy atom. The SMILES string of the molecule is COc1cc(NC(=O)NCCNc2ccc(-n3ccc(C)n3)nn2)cc(OC)c1OC. The molecule has 2 aromatic heterocycles. The Balaban J connectivity index is 1.47. The number of anilines is 2. The van der Waals surface area contributed by atoms with Crippen LogP contribution >= 0.6 is 0 Å². The molecule has 0 aliphatic rings. The lowest BCUT2D eigenvalue weighted by Gasteiger charge is -2.15. The molecule has 0 saturated carbocycles. The summed E-state index contributed by atoms with van der Waals surface area (Å²) in [7, 11) is 4.54. The van der Waals surface area contributed by atoms with Gasteiger partial charge in [0.25, 0.3) is 0 Å². The molecule has 3 rings (SSSR count). The lowest BCUT2D eigenvalue weighted by molar-refractivity contribution is 0.252. The molecule has 11 nitrogen and oxygen atoms in total. The van der Waals surface area contributed by atoms with E-state index in [0.717, 1.165) is 5.69 Å². The third kappa shape index (κ3) is 5.53. The summed E-state index contributed by atoms with van der Waals surface area (Å²) in [4.78, 5) is 12.2. The van der Waals surface area contributed by atoms with E-state index in [-0.39, 0.29) is 6.03 Å². The minimum absolute atomic E-state index is 0.369. The number of nitrogens with zero attached hydrogens (tertiary/aromatic N) is 4. The number of carbonyl (C=O) groups excluding carboxylic acids is 1. The molecule has 2 amide bonds. The summed E-state index contributed by atoms with van der Waals surface area (Å²) < 4.78 is 17.5. The zero-order chi connectivity index (χ0) is 22.2. The second-order valence-corrected chi connectivity index (χ2v) is 6.40. The number of rotatable bonds is 9. The third-order valence-corrected chi connectivity index (χ3v) is 4.25. The van der Waals surface area contributed by atoms with Crippen molar-refractivity contribution in [1.29, 1.82) is 0 Å². The van der Waals surface area contributed by atoms with Crippen LogP contribution in [0.4, 0.5) is 16.3 Å². The summed E-state index contributed by atoms with van der Waals surface area (Å²) in [5, 5.41) is 21.1. The summed E-state index contributed by atoms with van der Waals surface area (Å²) in [6.45, 7) is 2.75. The number of carbonyl (C=O) groups is 1. The Kier molecular flexibility index (Phi) is 7.09. The molecule has 0 atom stereocenters. The Hall–Kier alpha value is -4.02. The third-order valence-electron chi connectivity index (χ3n) is 4.25. The molecule has 11 heteroatoms. The normalized spacial score (nSPS) is 10.3. The average molecular weight is 427 g/mol. The first-order chi connectivity index (χ1) is 15.0. The highest BCUT2D eigenvalue weighted by Gasteiger charge is 2.14. The van der Waals surface area contributed by atoms with Gasteiger partial charge < -0.3 is 30.2 Å². The molecule has 0 bridgehead atoms. The molecule has 3 N–H and O–H groups in total. The van der Waals surface area contributed by atoms with Crippen molar-refractivity contribution in [3.05, 3.63) is 42.2 Å².